The first-order valence-electron chi connectivity index (χ1n) is 8.25. The summed E-state index contributed by atoms with van der Waals surface area (Å²) in [6, 6.07) is 16.9. The highest BCUT2D eigenvalue weighted by molar-refractivity contribution is 6.14. The molecular weight excluding hydrogens is 332 g/mol. The zero-order valence-corrected chi connectivity index (χ0v) is 15.3. The Balaban J connectivity index is 2.15. The summed E-state index contributed by atoms with van der Waals surface area (Å²) in [6.45, 7) is 5.77. The van der Waals surface area contributed by atoms with Gasteiger partial charge < -0.3 is 9.47 Å². The highest BCUT2D eigenvalue weighted by Crippen LogP contribution is 2.33. The normalized spacial score (nSPS) is 11.5. The number of esters is 2. The molecule has 0 aliphatic rings. The topological polar surface area (TPSA) is 69.7 Å². The van der Waals surface area contributed by atoms with Gasteiger partial charge in [0.05, 0.1) is 0 Å². The van der Waals surface area contributed by atoms with Crippen LogP contribution in [0.3, 0.4) is 0 Å². The third-order valence-corrected chi connectivity index (χ3v) is 4.06. The number of benzene rings is 2. The molecule has 136 valence electrons. The van der Waals surface area contributed by atoms with Crippen LogP contribution in [0.1, 0.15) is 27.7 Å². The van der Waals surface area contributed by atoms with Crippen molar-refractivity contribution in [3.63, 3.8) is 0 Å². The van der Waals surface area contributed by atoms with Gasteiger partial charge in [0, 0.05) is 0 Å². The van der Waals surface area contributed by atoms with Gasteiger partial charge in [-0.2, -0.15) is 0 Å². The highest BCUT2D eigenvalue weighted by atomic mass is 16.5. The van der Waals surface area contributed by atoms with Crippen molar-refractivity contribution in [1.82, 2.24) is 0 Å². The fourth-order valence-electron chi connectivity index (χ4n) is 2.41. The molecule has 0 bridgehead atoms. The summed E-state index contributed by atoms with van der Waals surface area (Å²) in [6.07, 6.45) is 0. The van der Waals surface area contributed by atoms with Crippen LogP contribution >= 0.6 is 0 Å². The van der Waals surface area contributed by atoms with Crippen molar-refractivity contribution < 1.29 is 23.9 Å². The summed E-state index contributed by atoms with van der Waals surface area (Å²) in [4.78, 5) is 38.0. The predicted octanol–water partition coefficient (Wildman–Crippen LogP) is 3.82. The summed E-state index contributed by atoms with van der Waals surface area (Å²) in [5, 5.41) is 0. The summed E-state index contributed by atoms with van der Waals surface area (Å²) in [5.41, 5.74) is -3.04. The second-order valence-electron chi connectivity index (χ2n) is 6.98. The first kappa shape index (κ1) is 19.4. The van der Waals surface area contributed by atoms with E-state index in [0.29, 0.717) is 11.5 Å². The first-order chi connectivity index (χ1) is 12.2. The van der Waals surface area contributed by atoms with Crippen molar-refractivity contribution in [3.05, 3.63) is 60.7 Å². The van der Waals surface area contributed by atoms with E-state index in [0.717, 1.165) is 0 Å². The van der Waals surface area contributed by atoms with E-state index >= 15 is 0 Å². The molecule has 0 aliphatic heterocycles. The van der Waals surface area contributed by atoms with Gasteiger partial charge in [0.25, 0.3) is 0 Å². The van der Waals surface area contributed by atoms with Crippen molar-refractivity contribution in [1.29, 1.82) is 0 Å². The molecule has 0 aromatic heterocycles. The Bertz CT molecular complexity index is 724. The van der Waals surface area contributed by atoms with E-state index in [1.165, 1.54) is 27.7 Å². The van der Waals surface area contributed by atoms with Gasteiger partial charge in [-0.1, -0.05) is 36.4 Å². The molecule has 0 unspecified atom stereocenters. The molecule has 5 heteroatoms. The molecule has 0 fully saturated rings. The van der Waals surface area contributed by atoms with Gasteiger partial charge in [-0.15, -0.1) is 0 Å². The molecule has 0 aliphatic carbocycles. The molecule has 0 amide bonds. The van der Waals surface area contributed by atoms with Gasteiger partial charge in [0.1, 0.15) is 22.3 Å². The average molecular weight is 354 g/mol. The van der Waals surface area contributed by atoms with E-state index in [1.807, 2.05) is 0 Å². The van der Waals surface area contributed by atoms with Crippen molar-refractivity contribution >= 4 is 17.7 Å². The third kappa shape index (κ3) is 4.17. The Morgan fingerprint density at radius 2 is 0.923 bits per heavy atom. The molecule has 0 spiro atoms. The van der Waals surface area contributed by atoms with Gasteiger partial charge in [0.2, 0.25) is 0 Å². The van der Waals surface area contributed by atoms with Crippen LogP contribution in [0.5, 0.6) is 11.5 Å². The van der Waals surface area contributed by atoms with E-state index in [1.54, 1.807) is 60.7 Å². The zero-order valence-electron chi connectivity index (χ0n) is 15.3. The number of carbonyl (C=O) groups excluding carboxylic acids is 3. The van der Waals surface area contributed by atoms with Gasteiger partial charge in [0.15, 0.2) is 5.78 Å². The fraction of sp³-hybridized carbons (Fsp3) is 0.286. The van der Waals surface area contributed by atoms with Gasteiger partial charge in [-0.3, -0.25) is 14.4 Å². The number of hydrogen-bond acceptors (Lipinski definition) is 5. The number of rotatable bonds is 6. The second-order valence-corrected chi connectivity index (χ2v) is 6.98. The lowest BCUT2D eigenvalue weighted by molar-refractivity contribution is -0.160. The van der Waals surface area contributed by atoms with E-state index in [-0.39, 0.29) is 0 Å². The van der Waals surface area contributed by atoms with E-state index in [4.69, 9.17) is 9.47 Å². The minimum atomic E-state index is -1.52. The van der Waals surface area contributed by atoms with Gasteiger partial charge >= 0.3 is 11.9 Å². The second kappa shape index (κ2) is 7.52. The molecule has 2 aromatic rings. The molecule has 2 aromatic carbocycles. The lowest BCUT2D eigenvalue weighted by Crippen LogP contribution is -2.48. The lowest BCUT2D eigenvalue weighted by atomic mass is 9.73. The minimum Gasteiger partial charge on any atom is -0.426 e. The largest absolute Gasteiger partial charge is 0.426 e. The first-order valence-corrected chi connectivity index (χ1v) is 8.25. The molecule has 0 heterocycles. The average Bonchev–Trinajstić information content (AvgIpc) is 2.62. The predicted molar refractivity (Wildman–Crippen MR) is 96.7 cm³/mol. The Morgan fingerprint density at radius 1 is 0.615 bits per heavy atom. The van der Waals surface area contributed by atoms with Crippen molar-refractivity contribution in [3.8, 4) is 11.5 Å². The quantitative estimate of drug-likeness (QED) is 0.448. The maximum absolute atomic E-state index is 12.9. The number of para-hydroxylation sites is 2. The third-order valence-electron chi connectivity index (χ3n) is 4.06. The lowest BCUT2D eigenvalue weighted by Gasteiger charge is -2.29. The molecule has 0 radical (unpaired) electrons. The molecule has 0 N–H and O–H groups in total. The van der Waals surface area contributed by atoms with E-state index in [9.17, 15) is 14.4 Å². The number of ether oxygens (including phenoxy) is 2. The maximum Gasteiger partial charge on any atom is 0.324 e. The van der Waals surface area contributed by atoms with E-state index < -0.39 is 28.6 Å². The van der Waals surface area contributed by atoms with Gasteiger partial charge in [-0.25, -0.2) is 0 Å². The van der Waals surface area contributed by atoms with Crippen LogP contribution < -0.4 is 9.47 Å². The van der Waals surface area contributed by atoms with Crippen molar-refractivity contribution in [2.75, 3.05) is 0 Å². The molecule has 5 nitrogen and oxygen atoms in total. The van der Waals surface area contributed by atoms with Crippen LogP contribution in [0.15, 0.2) is 60.7 Å². The number of hydrogen-bond donors (Lipinski definition) is 0. The van der Waals surface area contributed by atoms with Gasteiger partial charge in [-0.05, 0) is 52.0 Å². The molecule has 0 saturated carbocycles. The SMILES string of the molecule is CC(C)(C(=O)Oc1ccccc1)C(=O)C(C)(C)C(=O)Oc1ccccc1. The Labute approximate surface area is 152 Å². The van der Waals surface area contributed by atoms with Crippen molar-refractivity contribution in [2.45, 2.75) is 27.7 Å². The van der Waals surface area contributed by atoms with Crippen LogP contribution in [0, 0.1) is 10.8 Å². The maximum atomic E-state index is 12.9. The Morgan fingerprint density at radius 3 is 1.23 bits per heavy atom. The molecule has 0 saturated heterocycles. The Kier molecular flexibility index (Phi) is 5.60. The smallest absolute Gasteiger partial charge is 0.324 e. The summed E-state index contributed by atoms with van der Waals surface area (Å²) in [5.74, 6) is -1.36. The number of carbonyl (C=O) groups is 3. The summed E-state index contributed by atoms with van der Waals surface area (Å²) >= 11 is 0. The molecule has 0 atom stereocenters. The van der Waals surface area contributed by atoms with Crippen LogP contribution in [0.2, 0.25) is 0 Å². The van der Waals surface area contributed by atoms with Crippen LogP contribution in [-0.2, 0) is 14.4 Å². The monoisotopic (exact) mass is 354 g/mol. The molecular formula is C21H22O5. The molecule has 2 rings (SSSR count). The molecule has 26 heavy (non-hydrogen) atoms. The van der Waals surface area contributed by atoms with Crippen LogP contribution in [0.4, 0.5) is 0 Å². The standard InChI is InChI=1S/C21H22O5/c1-20(2,18(23)25-15-11-7-5-8-12-15)17(22)21(3,4)19(24)26-16-13-9-6-10-14-16/h5-14H,1-4H3. The van der Waals surface area contributed by atoms with Crippen LogP contribution in [0.25, 0.3) is 0 Å². The highest BCUT2D eigenvalue weighted by Gasteiger charge is 2.50. The number of ketones is 1. The number of Topliss-reactive ketones (excluding diaryl/α,β-unsaturated/α-hetero) is 1. The van der Waals surface area contributed by atoms with Crippen LogP contribution in [-0.4, -0.2) is 17.7 Å². The minimum absolute atomic E-state index is 0.336. The fourth-order valence-corrected chi connectivity index (χ4v) is 2.41. The summed E-state index contributed by atoms with van der Waals surface area (Å²) < 4.78 is 10.6. The Hall–Kier alpha value is -2.95. The van der Waals surface area contributed by atoms with E-state index in [2.05, 4.69) is 0 Å². The van der Waals surface area contributed by atoms with Crippen molar-refractivity contribution in [2.24, 2.45) is 10.8 Å². The summed E-state index contributed by atoms with van der Waals surface area (Å²) in [7, 11) is 0. The zero-order chi connectivity index (χ0) is 19.4.